The van der Waals surface area contributed by atoms with Gasteiger partial charge in [0.1, 0.15) is 6.04 Å². The summed E-state index contributed by atoms with van der Waals surface area (Å²) in [6, 6.07) is -0.622. The third kappa shape index (κ3) is 2.84. The number of nitrogens with zero attached hydrogens (tertiary/aromatic N) is 1. The van der Waals surface area contributed by atoms with Crippen molar-refractivity contribution in [2.75, 3.05) is 20.2 Å². The van der Waals surface area contributed by atoms with Gasteiger partial charge in [-0.2, -0.15) is 0 Å². The number of methoxy groups -OCH3 is 1. The average Bonchev–Trinajstić information content (AvgIpc) is 2.59. The lowest BCUT2D eigenvalue weighted by Crippen LogP contribution is -2.44. The molecule has 1 saturated heterocycles. The average molecular weight is 214 g/mol. The van der Waals surface area contributed by atoms with E-state index in [4.69, 9.17) is 4.74 Å². The van der Waals surface area contributed by atoms with Gasteiger partial charge in [0, 0.05) is 13.1 Å². The summed E-state index contributed by atoms with van der Waals surface area (Å²) in [6.45, 7) is 5.21. The van der Waals surface area contributed by atoms with Gasteiger partial charge < -0.3 is 15.0 Å². The molecule has 0 saturated carbocycles. The summed E-state index contributed by atoms with van der Waals surface area (Å²) < 4.78 is 4.71. The number of esters is 1. The van der Waals surface area contributed by atoms with Crippen LogP contribution < -0.4 is 5.32 Å². The fourth-order valence-electron chi connectivity index (χ4n) is 1.72. The number of carbonyl (C=O) groups is 2. The van der Waals surface area contributed by atoms with Crippen LogP contribution in [0.2, 0.25) is 0 Å². The first-order chi connectivity index (χ1) is 7.06. The monoisotopic (exact) mass is 214 g/mol. The molecule has 1 rings (SSSR count). The molecule has 2 amide bonds. The van der Waals surface area contributed by atoms with Gasteiger partial charge in [-0.05, 0) is 12.3 Å². The van der Waals surface area contributed by atoms with Crippen molar-refractivity contribution in [1.82, 2.24) is 10.2 Å². The number of hydrogen-bond donors (Lipinski definition) is 1. The predicted octanol–water partition coefficient (Wildman–Crippen LogP) is 0.599. The van der Waals surface area contributed by atoms with Crippen molar-refractivity contribution >= 4 is 12.0 Å². The lowest BCUT2D eigenvalue weighted by Gasteiger charge is -2.25. The Hall–Kier alpha value is -1.26. The summed E-state index contributed by atoms with van der Waals surface area (Å²) in [6.07, 6.45) is 0.639. The highest BCUT2D eigenvalue weighted by Crippen LogP contribution is 2.15. The van der Waals surface area contributed by atoms with Gasteiger partial charge in [0.25, 0.3) is 0 Å². The Labute approximate surface area is 89.8 Å². The summed E-state index contributed by atoms with van der Waals surface area (Å²) in [5, 5.41) is 2.68. The number of amides is 2. The third-order valence-electron chi connectivity index (χ3n) is 2.43. The minimum absolute atomic E-state index is 0.175. The van der Waals surface area contributed by atoms with E-state index in [-0.39, 0.29) is 12.0 Å². The Morgan fingerprint density at radius 2 is 2.27 bits per heavy atom. The minimum atomic E-state index is -0.447. The van der Waals surface area contributed by atoms with Crippen molar-refractivity contribution in [2.24, 2.45) is 5.92 Å². The second-order valence-electron chi connectivity index (χ2n) is 4.09. The summed E-state index contributed by atoms with van der Waals surface area (Å²) in [7, 11) is 1.35. The molecule has 0 aromatic heterocycles. The zero-order chi connectivity index (χ0) is 11.4. The summed E-state index contributed by atoms with van der Waals surface area (Å²) in [5.41, 5.74) is 0. The second kappa shape index (κ2) is 5.00. The number of hydrogen-bond acceptors (Lipinski definition) is 3. The van der Waals surface area contributed by atoms with Gasteiger partial charge >= 0.3 is 12.0 Å². The molecule has 0 radical (unpaired) electrons. The molecule has 1 aliphatic heterocycles. The lowest BCUT2D eigenvalue weighted by molar-refractivity contribution is -0.146. The molecule has 0 aromatic rings. The van der Waals surface area contributed by atoms with E-state index in [0.717, 1.165) is 0 Å². The van der Waals surface area contributed by atoms with Crippen molar-refractivity contribution in [3.63, 3.8) is 0 Å². The van der Waals surface area contributed by atoms with Gasteiger partial charge in [-0.15, -0.1) is 0 Å². The van der Waals surface area contributed by atoms with E-state index >= 15 is 0 Å². The van der Waals surface area contributed by atoms with Crippen molar-refractivity contribution in [1.29, 1.82) is 0 Å². The van der Waals surface area contributed by atoms with Crippen molar-refractivity contribution < 1.29 is 14.3 Å². The van der Waals surface area contributed by atoms with Crippen LogP contribution in [0.4, 0.5) is 4.79 Å². The predicted molar refractivity (Wildman–Crippen MR) is 55.4 cm³/mol. The van der Waals surface area contributed by atoms with Gasteiger partial charge in [-0.3, -0.25) is 0 Å². The van der Waals surface area contributed by atoms with E-state index in [2.05, 4.69) is 5.32 Å². The van der Waals surface area contributed by atoms with Crippen LogP contribution >= 0.6 is 0 Å². The highest BCUT2D eigenvalue weighted by atomic mass is 16.5. The maximum Gasteiger partial charge on any atom is 0.328 e. The number of carbonyl (C=O) groups excluding carboxylic acids is 2. The maximum absolute atomic E-state index is 11.5. The van der Waals surface area contributed by atoms with E-state index < -0.39 is 6.04 Å². The molecule has 1 unspecified atom stereocenters. The zero-order valence-corrected chi connectivity index (χ0v) is 9.45. The fraction of sp³-hybridized carbons (Fsp3) is 0.800. The molecule has 5 nitrogen and oxygen atoms in total. The first-order valence-electron chi connectivity index (χ1n) is 5.18. The molecule has 86 valence electrons. The Morgan fingerprint density at radius 1 is 1.60 bits per heavy atom. The van der Waals surface area contributed by atoms with Crippen molar-refractivity contribution in [2.45, 2.75) is 26.3 Å². The Morgan fingerprint density at radius 3 is 2.67 bits per heavy atom. The number of urea groups is 1. The summed E-state index contributed by atoms with van der Waals surface area (Å²) in [4.78, 5) is 24.5. The molecule has 0 spiro atoms. The first kappa shape index (κ1) is 11.8. The number of nitrogens with one attached hydrogen (secondary N) is 1. The molecule has 1 aliphatic rings. The largest absolute Gasteiger partial charge is 0.467 e. The highest BCUT2D eigenvalue weighted by molar-refractivity contribution is 5.84. The molecule has 1 N–H and O–H groups in total. The molecule has 0 bridgehead atoms. The Balaban J connectivity index is 2.70. The molecule has 5 heteroatoms. The second-order valence-corrected chi connectivity index (χ2v) is 4.09. The smallest absolute Gasteiger partial charge is 0.328 e. The number of ether oxygens (including phenoxy) is 1. The lowest BCUT2D eigenvalue weighted by atomic mass is 10.0. The van der Waals surface area contributed by atoms with Crippen LogP contribution in [0.5, 0.6) is 0 Å². The topological polar surface area (TPSA) is 58.6 Å². The van der Waals surface area contributed by atoms with E-state index in [1.54, 1.807) is 4.90 Å². The molecule has 1 fully saturated rings. The zero-order valence-electron chi connectivity index (χ0n) is 9.45. The van der Waals surface area contributed by atoms with Crippen molar-refractivity contribution in [3.8, 4) is 0 Å². The van der Waals surface area contributed by atoms with Gasteiger partial charge in [-0.25, -0.2) is 9.59 Å². The molecule has 0 aliphatic carbocycles. The van der Waals surface area contributed by atoms with Crippen LogP contribution in [0.25, 0.3) is 0 Å². The van der Waals surface area contributed by atoms with E-state index in [0.29, 0.717) is 25.4 Å². The molecular formula is C10H18N2O3. The van der Waals surface area contributed by atoms with Gasteiger partial charge in [0.2, 0.25) is 0 Å². The number of rotatable bonds is 4. The maximum atomic E-state index is 11.5. The molecule has 1 heterocycles. The van der Waals surface area contributed by atoms with E-state index in [1.165, 1.54) is 7.11 Å². The summed E-state index contributed by atoms with van der Waals surface area (Å²) in [5.74, 6) is 0.0169. The van der Waals surface area contributed by atoms with Crippen LogP contribution in [-0.4, -0.2) is 43.1 Å². The quantitative estimate of drug-likeness (QED) is 0.697. The molecule has 0 aromatic carbocycles. The molecule has 15 heavy (non-hydrogen) atoms. The van der Waals surface area contributed by atoms with E-state index in [9.17, 15) is 9.59 Å². The first-order valence-corrected chi connectivity index (χ1v) is 5.18. The van der Waals surface area contributed by atoms with Crippen molar-refractivity contribution in [3.05, 3.63) is 0 Å². The molecular weight excluding hydrogens is 196 g/mol. The molecule has 1 atom stereocenters. The van der Waals surface area contributed by atoms with Crippen LogP contribution in [0.15, 0.2) is 0 Å². The van der Waals surface area contributed by atoms with E-state index in [1.807, 2.05) is 13.8 Å². The van der Waals surface area contributed by atoms with Gasteiger partial charge in [0.05, 0.1) is 7.11 Å². The Bertz CT molecular complexity index is 253. The highest BCUT2D eigenvalue weighted by Gasteiger charge is 2.33. The summed E-state index contributed by atoms with van der Waals surface area (Å²) >= 11 is 0. The van der Waals surface area contributed by atoms with Crippen LogP contribution in [0, 0.1) is 5.92 Å². The van der Waals surface area contributed by atoms with Crippen LogP contribution in [0.3, 0.4) is 0 Å². The fourth-order valence-corrected chi connectivity index (χ4v) is 1.72. The van der Waals surface area contributed by atoms with Crippen LogP contribution in [0.1, 0.15) is 20.3 Å². The third-order valence-corrected chi connectivity index (χ3v) is 2.43. The standard InChI is InChI=1S/C10H18N2O3/c1-7(2)6-8(9(13)15-3)12-5-4-11-10(12)14/h7-8H,4-6H2,1-3H3,(H,11,14). The minimum Gasteiger partial charge on any atom is -0.467 e. The van der Waals surface area contributed by atoms with Gasteiger partial charge in [-0.1, -0.05) is 13.8 Å². The van der Waals surface area contributed by atoms with Crippen LogP contribution in [-0.2, 0) is 9.53 Å². The van der Waals surface area contributed by atoms with Gasteiger partial charge in [0.15, 0.2) is 0 Å². The normalized spacial score (nSPS) is 17.9. The SMILES string of the molecule is COC(=O)C(CC(C)C)N1CCNC1=O. The Kier molecular flexibility index (Phi) is 3.94.